The first kappa shape index (κ1) is 21.9. The number of ether oxygens (including phenoxy) is 3. The van der Waals surface area contributed by atoms with Crippen LogP contribution >= 0.6 is 0 Å². The van der Waals surface area contributed by atoms with E-state index in [-0.39, 0.29) is 13.3 Å². The number of hydrogen-bond acceptors (Lipinski definition) is 6. The van der Waals surface area contributed by atoms with Gasteiger partial charge in [0.1, 0.15) is 12.4 Å². The van der Waals surface area contributed by atoms with Crippen LogP contribution in [0, 0.1) is 6.92 Å². The number of carbonyl (C=O) groups is 2. The van der Waals surface area contributed by atoms with Crippen LogP contribution in [0.3, 0.4) is 0 Å². The van der Waals surface area contributed by atoms with Crippen molar-refractivity contribution in [1.82, 2.24) is 10.7 Å². The van der Waals surface area contributed by atoms with Crippen LogP contribution in [0.2, 0.25) is 0 Å². The molecule has 0 aromatic heterocycles. The largest absolute Gasteiger partial charge is 0.489 e. The van der Waals surface area contributed by atoms with Gasteiger partial charge in [0.15, 0.2) is 11.5 Å². The molecule has 0 spiro atoms. The first-order valence-electron chi connectivity index (χ1n) is 10.3. The van der Waals surface area contributed by atoms with Gasteiger partial charge in [-0.05, 0) is 60.5 Å². The van der Waals surface area contributed by atoms with E-state index < -0.39 is 11.8 Å². The average molecular weight is 445 g/mol. The zero-order valence-electron chi connectivity index (χ0n) is 18.0. The van der Waals surface area contributed by atoms with Crippen molar-refractivity contribution in [1.29, 1.82) is 0 Å². The summed E-state index contributed by atoms with van der Waals surface area (Å²) >= 11 is 0. The first-order valence-corrected chi connectivity index (χ1v) is 10.3. The quantitative estimate of drug-likeness (QED) is 0.410. The number of fused-ring (bicyclic) bond motifs is 1. The smallest absolute Gasteiger partial charge is 0.259 e. The molecule has 0 saturated carbocycles. The van der Waals surface area contributed by atoms with Gasteiger partial charge in [-0.1, -0.05) is 29.8 Å². The summed E-state index contributed by atoms with van der Waals surface area (Å²) in [5, 5.41) is 6.46. The van der Waals surface area contributed by atoms with Crippen LogP contribution in [0.5, 0.6) is 17.2 Å². The molecule has 0 bridgehead atoms. The molecule has 1 aliphatic heterocycles. The van der Waals surface area contributed by atoms with Crippen LogP contribution in [0.25, 0.3) is 0 Å². The van der Waals surface area contributed by atoms with Gasteiger partial charge >= 0.3 is 0 Å². The Bertz CT molecular complexity index is 1160. The second-order valence-corrected chi connectivity index (χ2v) is 7.39. The summed E-state index contributed by atoms with van der Waals surface area (Å²) < 4.78 is 16.2. The molecule has 0 aliphatic carbocycles. The van der Waals surface area contributed by atoms with Crippen molar-refractivity contribution >= 4 is 18.0 Å². The number of carbonyl (C=O) groups excluding carboxylic acids is 2. The number of hydrazone groups is 1. The molecule has 3 aromatic rings. The number of amides is 2. The highest BCUT2D eigenvalue weighted by Crippen LogP contribution is 2.32. The van der Waals surface area contributed by atoms with Crippen molar-refractivity contribution in [3.05, 3.63) is 89.0 Å². The molecule has 8 heteroatoms. The van der Waals surface area contributed by atoms with E-state index in [0.717, 1.165) is 16.9 Å². The van der Waals surface area contributed by atoms with Crippen LogP contribution in [0.15, 0.2) is 71.8 Å². The number of nitrogens with one attached hydrogen (secondary N) is 2. The molecule has 0 unspecified atom stereocenters. The minimum atomic E-state index is -0.446. The summed E-state index contributed by atoms with van der Waals surface area (Å²) in [5.74, 6) is 0.989. The van der Waals surface area contributed by atoms with Crippen molar-refractivity contribution < 1.29 is 23.8 Å². The van der Waals surface area contributed by atoms with Crippen molar-refractivity contribution in [2.24, 2.45) is 5.10 Å². The van der Waals surface area contributed by atoms with Crippen LogP contribution in [0.4, 0.5) is 0 Å². The monoisotopic (exact) mass is 445 g/mol. The lowest BCUT2D eigenvalue weighted by atomic mass is 10.2. The molecular weight excluding hydrogens is 422 g/mol. The average Bonchev–Trinajstić information content (AvgIpc) is 3.31. The predicted octanol–water partition coefficient (Wildman–Crippen LogP) is 3.18. The van der Waals surface area contributed by atoms with Gasteiger partial charge in [-0.3, -0.25) is 9.59 Å². The Hall–Kier alpha value is -4.33. The molecule has 3 aromatic carbocycles. The molecule has 2 N–H and O–H groups in total. The maximum atomic E-state index is 12.2. The Kier molecular flexibility index (Phi) is 6.84. The Morgan fingerprint density at radius 2 is 1.76 bits per heavy atom. The molecule has 33 heavy (non-hydrogen) atoms. The zero-order valence-corrected chi connectivity index (χ0v) is 18.0. The highest BCUT2D eigenvalue weighted by molar-refractivity contribution is 5.97. The van der Waals surface area contributed by atoms with Crippen LogP contribution < -0.4 is 25.0 Å². The van der Waals surface area contributed by atoms with Gasteiger partial charge in [-0.2, -0.15) is 5.10 Å². The summed E-state index contributed by atoms with van der Waals surface area (Å²) in [5.41, 5.74) is 5.86. The number of nitrogens with zero attached hydrogens (tertiary/aromatic N) is 1. The first-order chi connectivity index (χ1) is 16.1. The molecule has 0 atom stereocenters. The summed E-state index contributed by atoms with van der Waals surface area (Å²) in [4.78, 5) is 24.1. The fourth-order valence-electron chi connectivity index (χ4n) is 3.02. The van der Waals surface area contributed by atoms with Crippen LogP contribution in [0.1, 0.15) is 27.0 Å². The lowest BCUT2D eigenvalue weighted by Gasteiger charge is -2.07. The molecule has 2 amide bonds. The number of aryl methyl sites for hydroxylation is 1. The van der Waals surface area contributed by atoms with E-state index in [1.54, 1.807) is 18.2 Å². The molecule has 4 rings (SSSR count). The summed E-state index contributed by atoms with van der Waals surface area (Å²) in [6, 6.07) is 20.3. The van der Waals surface area contributed by atoms with Gasteiger partial charge in [0, 0.05) is 5.56 Å². The Morgan fingerprint density at radius 3 is 2.55 bits per heavy atom. The minimum absolute atomic E-state index is 0.129. The van der Waals surface area contributed by atoms with E-state index in [2.05, 4.69) is 28.0 Å². The molecule has 0 radical (unpaired) electrons. The number of benzene rings is 3. The third kappa shape index (κ3) is 6.10. The molecule has 1 aliphatic rings. The number of rotatable bonds is 8. The maximum absolute atomic E-state index is 12.2. The topological polar surface area (TPSA) is 98.2 Å². The molecule has 8 nitrogen and oxygen atoms in total. The third-order valence-electron chi connectivity index (χ3n) is 4.85. The van der Waals surface area contributed by atoms with Crippen molar-refractivity contribution in [2.75, 3.05) is 13.3 Å². The van der Waals surface area contributed by atoms with E-state index in [4.69, 9.17) is 14.2 Å². The second kappa shape index (κ2) is 10.3. The van der Waals surface area contributed by atoms with E-state index in [0.29, 0.717) is 23.7 Å². The van der Waals surface area contributed by atoms with Gasteiger partial charge in [0.2, 0.25) is 6.79 Å². The zero-order chi connectivity index (χ0) is 23.0. The lowest BCUT2D eigenvalue weighted by Crippen LogP contribution is -2.34. The molecule has 1 heterocycles. The van der Waals surface area contributed by atoms with E-state index >= 15 is 0 Å². The van der Waals surface area contributed by atoms with E-state index in [9.17, 15) is 9.59 Å². The molecule has 168 valence electrons. The Balaban J connectivity index is 1.19. The number of hydrogen-bond donors (Lipinski definition) is 2. The maximum Gasteiger partial charge on any atom is 0.259 e. The van der Waals surface area contributed by atoms with Crippen molar-refractivity contribution in [2.45, 2.75) is 13.5 Å². The highest BCUT2D eigenvalue weighted by Gasteiger charge is 2.16. The highest BCUT2D eigenvalue weighted by atomic mass is 16.7. The summed E-state index contributed by atoms with van der Waals surface area (Å²) in [6.07, 6.45) is 1.52. The summed E-state index contributed by atoms with van der Waals surface area (Å²) in [7, 11) is 0. The molecule has 0 fully saturated rings. The molecule has 0 saturated heterocycles. The fraction of sp³-hybridized carbons (Fsp3) is 0.160. The SMILES string of the molecule is Cc1ccc(COc2ccc(C=NNC(=O)CNC(=O)c3ccc4c(c3)OCO4)cc2)cc1. The second-order valence-electron chi connectivity index (χ2n) is 7.39. The van der Waals surface area contributed by atoms with Gasteiger partial charge < -0.3 is 19.5 Å². The van der Waals surface area contributed by atoms with Crippen molar-refractivity contribution in [3.63, 3.8) is 0 Å². The minimum Gasteiger partial charge on any atom is -0.489 e. The Labute approximate surface area is 191 Å². The lowest BCUT2D eigenvalue weighted by molar-refractivity contribution is -0.120. The summed E-state index contributed by atoms with van der Waals surface area (Å²) in [6.45, 7) is 2.45. The van der Waals surface area contributed by atoms with Crippen LogP contribution in [-0.2, 0) is 11.4 Å². The van der Waals surface area contributed by atoms with E-state index in [1.165, 1.54) is 11.8 Å². The standard InChI is InChI=1S/C25H23N3O5/c1-17-2-4-19(5-3-17)15-31-21-9-6-18(7-10-21)13-27-28-24(29)14-26-25(30)20-8-11-22-23(12-20)33-16-32-22/h2-13H,14-16H2,1H3,(H,26,30)(H,28,29). The fourth-order valence-corrected chi connectivity index (χ4v) is 3.02. The normalized spacial score (nSPS) is 11.9. The van der Waals surface area contributed by atoms with Gasteiger partial charge in [-0.15, -0.1) is 0 Å². The van der Waals surface area contributed by atoms with Gasteiger partial charge in [-0.25, -0.2) is 5.43 Å². The molecular formula is C25H23N3O5. The van der Waals surface area contributed by atoms with Gasteiger partial charge in [0.05, 0.1) is 12.8 Å². The van der Waals surface area contributed by atoms with Crippen LogP contribution in [-0.4, -0.2) is 31.4 Å². The van der Waals surface area contributed by atoms with Crippen molar-refractivity contribution in [3.8, 4) is 17.2 Å². The predicted molar refractivity (Wildman–Crippen MR) is 123 cm³/mol. The Morgan fingerprint density at radius 1 is 1.00 bits per heavy atom. The third-order valence-corrected chi connectivity index (χ3v) is 4.85. The van der Waals surface area contributed by atoms with Gasteiger partial charge in [0.25, 0.3) is 11.8 Å². The van der Waals surface area contributed by atoms with E-state index in [1.807, 2.05) is 43.3 Å².